The Morgan fingerprint density at radius 2 is 2.31 bits per heavy atom. The van der Waals surface area contributed by atoms with Crippen molar-refractivity contribution < 1.29 is 13.9 Å². The maximum Gasteiger partial charge on any atom is 0.409 e. The van der Waals surface area contributed by atoms with Gasteiger partial charge in [-0.2, -0.15) is 5.26 Å². The van der Waals surface area contributed by atoms with E-state index in [0.29, 0.717) is 0 Å². The zero-order valence-corrected chi connectivity index (χ0v) is 6.45. The number of rotatable bonds is 1. The van der Waals surface area contributed by atoms with Gasteiger partial charge in [0.2, 0.25) is 0 Å². The van der Waals surface area contributed by atoms with Crippen LogP contribution >= 0.6 is 0 Å². The van der Waals surface area contributed by atoms with Gasteiger partial charge in [-0.1, -0.05) is 0 Å². The van der Waals surface area contributed by atoms with Gasteiger partial charge in [0.1, 0.15) is 17.6 Å². The van der Waals surface area contributed by atoms with Gasteiger partial charge in [0.15, 0.2) is 0 Å². The molecule has 13 heavy (non-hydrogen) atoms. The lowest BCUT2D eigenvalue weighted by molar-refractivity contribution is 0.211. The number of amides is 1. The van der Waals surface area contributed by atoms with Crippen molar-refractivity contribution in [2.45, 2.75) is 0 Å². The number of carbonyl (C=O) groups excluding carboxylic acids is 1. The Kier molecular flexibility index (Phi) is 2.45. The van der Waals surface area contributed by atoms with Crippen molar-refractivity contribution in [2.24, 2.45) is 5.73 Å². The van der Waals surface area contributed by atoms with Crippen LogP contribution in [-0.2, 0) is 0 Å². The molecule has 0 atom stereocenters. The van der Waals surface area contributed by atoms with Crippen LogP contribution in [0.25, 0.3) is 0 Å². The predicted octanol–water partition coefficient (Wildman–Crippen LogP) is 1.15. The number of hydrogen-bond donors (Lipinski definition) is 1. The molecule has 0 aliphatic heterocycles. The van der Waals surface area contributed by atoms with E-state index in [2.05, 4.69) is 4.74 Å². The second-order valence-corrected chi connectivity index (χ2v) is 2.17. The molecule has 1 aromatic carbocycles. The van der Waals surface area contributed by atoms with Crippen molar-refractivity contribution in [1.29, 1.82) is 5.26 Å². The minimum Gasteiger partial charge on any atom is -0.410 e. The summed E-state index contributed by atoms with van der Waals surface area (Å²) in [7, 11) is 0. The third-order valence-electron chi connectivity index (χ3n) is 1.28. The Morgan fingerprint density at radius 1 is 1.62 bits per heavy atom. The van der Waals surface area contributed by atoms with Gasteiger partial charge in [0.05, 0.1) is 5.56 Å². The number of nitrogens with two attached hydrogens (primary N) is 1. The summed E-state index contributed by atoms with van der Waals surface area (Å²) in [6.07, 6.45) is -1.00. The summed E-state index contributed by atoms with van der Waals surface area (Å²) in [6, 6.07) is 4.93. The van der Waals surface area contributed by atoms with Crippen molar-refractivity contribution in [3.63, 3.8) is 0 Å². The number of hydrogen-bond acceptors (Lipinski definition) is 3. The van der Waals surface area contributed by atoms with Gasteiger partial charge in [0.25, 0.3) is 0 Å². The molecule has 0 saturated heterocycles. The van der Waals surface area contributed by atoms with Crippen LogP contribution in [0.5, 0.6) is 5.75 Å². The molecule has 2 N–H and O–H groups in total. The van der Waals surface area contributed by atoms with Crippen LogP contribution in [0.1, 0.15) is 5.56 Å². The first-order valence-electron chi connectivity index (χ1n) is 3.30. The fourth-order valence-electron chi connectivity index (χ4n) is 0.770. The Hall–Kier alpha value is -2.09. The molecule has 1 amide bonds. The maximum atomic E-state index is 12.7. The molecule has 0 unspecified atom stereocenters. The number of nitrogens with zero attached hydrogens (tertiary/aromatic N) is 1. The van der Waals surface area contributed by atoms with Gasteiger partial charge in [-0.15, -0.1) is 0 Å². The number of ether oxygens (including phenoxy) is 1. The molecule has 66 valence electrons. The Balaban J connectivity index is 3.01. The summed E-state index contributed by atoms with van der Waals surface area (Å²) in [5.41, 5.74) is 4.52. The predicted molar refractivity (Wildman–Crippen MR) is 41.3 cm³/mol. The van der Waals surface area contributed by atoms with Crippen LogP contribution in [0, 0.1) is 17.1 Å². The maximum absolute atomic E-state index is 12.7. The highest BCUT2D eigenvalue weighted by molar-refractivity contribution is 5.68. The number of benzene rings is 1. The number of nitriles is 1. The summed E-state index contributed by atoms with van der Waals surface area (Å²) in [5.74, 6) is -0.621. The second-order valence-electron chi connectivity index (χ2n) is 2.17. The molecular weight excluding hydrogens is 175 g/mol. The SMILES string of the molecule is N#Cc1cc(OC(N)=O)ccc1F. The number of carbonyl (C=O) groups is 1. The fraction of sp³-hybridized carbons (Fsp3) is 0. The molecule has 0 aliphatic rings. The summed E-state index contributed by atoms with van der Waals surface area (Å²) in [6.45, 7) is 0. The molecule has 0 heterocycles. The van der Waals surface area contributed by atoms with Crippen LogP contribution in [0.3, 0.4) is 0 Å². The van der Waals surface area contributed by atoms with Crippen LogP contribution in [0.4, 0.5) is 9.18 Å². The third kappa shape index (κ3) is 2.17. The average molecular weight is 180 g/mol. The molecule has 0 aliphatic carbocycles. The zero-order valence-electron chi connectivity index (χ0n) is 6.45. The largest absolute Gasteiger partial charge is 0.410 e. The van der Waals surface area contributed by atoms with Crippen molar-refractivity contribution in [3.05, 3.63) is 29.6 Å². The lowest BCUT2D eigenvalue weighted by Crippen LogP contribution is -2.16. The molecular formula is C8H5FN2O2. The first-order valence-corrected chi connectivity index (χ1v) is 3.30. The minimum absolute atomic E-state index is 0.0467. The highest BCUT2D eigenvalue weighted by Crippen LogP contribution is 2.15. The lowest BCUT2D eigenvalue weighted by Gasteiger charge is -2.00. The van der Waals surface area contributed by atoms with E-state index in [-0.39, 0.29) is 11.3 Å². The van der Waals surface area contributed by atoms with Gasteiger partial charge in [-0.3, -0.25) is 0 Å². The smallest absolute Gasteiger partial charge is 0.409 e. The molecule has 5 heteroatoms. The van der Waals surface area contributed by atoms with Crippen LogP contribution in [-0.4, -0.2) is 6.09 Å². The molecule has 1 rings (SSSR count). The molecule has 0 saturated carbocycles. The first kappa shape index (κ1) is 9.00. The van der Waals surface area contributed by atoms with E-state index in [1.807, 2.05) is 0 Å². The summed E-state index contributed by atoms with van der Waals surface area (Å²) >= 11 is 0. The number of halogens is 1. The van der Waals surface area contributed by atoms with Crippen LogP contribution < -0.4 is 10.5 Å². The zero-order chi connectivity index (χ0) is 9.84. The third-order valence-corrected chi connectivity index (χ3v) is 1.28. The fourth-order valence-corrected chi connectivity index (χ4v) is 0.770. The van der Waals surface area contributed by atoms with E-state index in [1.165, 1.54) is 6.07 Å². The average Bonchev–Trinajstić information content (AvgIpc) is 2.07. The van der Waals surface area contributed by atoms with Crippen molar-refractivity contribution >= 4 is 6.09 Å². The molecule has 0 aromatic heterocycles. The summed E-state index contributed by atoms with van der Waals surface area (Å²) in [4.78, 5) is 10.3. The van der Waals surface area contributed by atoms with Gasteiger partial charge in [-0.25, -0.2) is 9.18 Å². The van der Waals surface area contributed by atoms with Crippen molar-refractivity contribution in [2.75, 3.05) is 0 Å². The quantitative estimate of drug-likeness (QED) is 0.704. The minimum atomic E-state index is -1.00. The standard InChI is InChI=1S/C8H5FN2O2/c9-7-2-1-6(13-8(11)12)3-5(7)4-10/h1-3H,(H2,11,12). The van der Waals surface area contributed by atoms with Crippen molar-refractivity contribution in [3.8, 4) is 11.8 Å². The Bertz CT molecular complexity index is 384. The van der Waals surface area contributed by atoms with E-state index in [0.717, 1.165) is 12.1 Å². The van der Waals surface area contributed by atoms with Crippen LogP contribution in [0.2, 0.25) is 0 Å². The Morgan fingerprint density at radius 3 is 2.85 bits per heavy atom. The van der Waals surface area contributed by atoms with Gasteiger partial charge < -0.3 is 10.5 Å². The van der Waals surface area contributed by atoms with Gasteiger partial charge >= 0.3 is 6.09 Å². The lowest BCUT2D eigenvalue weighted by atomic mass is 10.2. The second kappa shape index (κ2) is 3.54. The molecule has 0 fully saturated rings. The van der Waals surface area contributed by atoms with E-state index in [9.17, 15) is 9.18 Å². The summed E-state index contributed by atoms with van der Waals surface area (Å²) in [5, 5.41) is 8.42. The van der Waals surface area contributed by atoms with E-state index in [4.69, 9.17) is 11.0 Å². The van der Waals surface area contributed by atoms with E-state index in [1.54, 1.807) is 6.07 Å². The normalized spacial score (nSPS) is 8.92. The Labute approximate surface area is 73.3 Å². The van der Waals surface area contributed by atoms with Crippen molar-refractivity contribution in [1.82, 2.24) is 0 Å². The van der Waals surface area contributed by atoms with Gasteiger partial charge in [-0.05, 0) is 12.1 Å². The van der Waals surface area contributed by atoms with Crippen LogP contribution in [0.15, 0.2) is 18.2 Å². The van der Waals surface area contributed by atoms with Gasteiger partial charge in [0, 0.05) is 6.07 Å². The first-order chi connectivity index (χ1) is 6.13. The molecule has 0 bridgehead atoms. The molecule has 0 radical (unpaired) electrons. The number of primary amides is 1. The molecule has 0 spiro atoms. The topological polar surface area (TPSA) is 76.1 Å². The molecule has 4 nitrogen and oxygen atoms in total. The van der Waals surface area contributed by atoms with E-state index >= 15 is 0 Å². The highest BCUT2D eigenvalue weighted by atomic mass is 19.1. The summed E-state index contributed by atoms with van der Waals surface area (Å²) < 4.78 is 17.1. The molecule has 1 aromatic rings. The highest BCUT2D eigenvalue weighted by Gasteiger charge is 2.04. The monoisotopic (exact) mass is 180 g/mol. The van der Waals surface area contributed by atoms with E-state index < -0.39 is 11.9 Å².